The predicted molar refractivity (Wildman–Crippen MR) is 38.3 cm³/mol. The van der Waals surface area contributed by atoms with Crippen LogP contribution in [0, 0.1) is 11.3 Å². The molecule has 1 aliphatic heterocycles. The summed E-state index contributed by atoms with van der Waals surface area (Å²) in [4.78, 5) is 0. The van der Waals surface area contributed by atoms with Gasteiger partial charge in [0.05, 0.1) is 19.3 Å². The molecule has 10 heavy (non-hydrogen) atoms. The summed E-state index contributed by atoms with van der Waals surface area (Å²) in [5, 5.41) is 16.2. The van der Waals surface area contributed by atoms with Gasteiger partial charge in [0.25, 0.3) is 0 Å². The summed E-state index contributed by atoms with van der Waals surface area (Å²) in [5.41, 5.74) is 0.626. The van der Waals surface area contributed by atoms with Crippen LogP contribution in [-0.2, 0) is 4.74 Å². The standard InChI is InChI=1S/C7H13NO2/c1-5-6(4-9)7(8)2-3-10-5/h5-6,8-9H,2-4H2,1H3/t5-,6?/m1/s1. The average Bonchev–Trinajstić information content (AvgIpc) is 1.88. The molecule has 0 aromatic rings. The van der Waals surface area contributed by atoms with Crippen molar-refractivity contribution >= 4 is 5.71 Å². The Morgan fingerprint density at radius 1 is 1.80 bits per heavy atom. The summed E-state index contributed by atoms with van der Waals surface area (Å²) in [6.07, 6.45) is 0.696. The molecule has 2 N–H and O–H groups in total. The van der Waals surface area contributed by atoms with Crippen molar-refractivity contribution in [1.82, 2.24) is 0 Å². The third-order valence-electron chi connectivity index (χ3n) is 1.96. The molecule has 58 valence electrons. The van der Waals surface area contributed by atoms with E-state index in [-0.39, 0.29) is 18.6 Å². The van der Waals surface area contributed by atoms with E-state index < -0.39 is 0 Å². The maximum atomic E-state index is 8.81. The van der Waals surface area contributed by atoms with Gasteiger partial charge < -0.3 is 15.3 Å². The normalized spacial score (nSPS) is 34.4. The van der Waals surface area contributed by atoms with Gasteiger partial charge in [-0.25, -0.2) is 0 Å². The lowest BCUT2D eigenvalue weighted by atomic mass is 9.94. The smallest absolute Gasteiger partial charge is 0.0649 e. The maximum Gasteiger partial charge on any atom is 0.0649 e. The number of hydrogen-bond donors (Lipinski definition) is 2. The molecular weight excluding hydrogens is 130 g/mol. The lowest BCUT2D eigenvalue weighted by Crippen LogP contribution is -2.36. The Labute approximate surface area is 60.5 Å². The molecule has 1 aliphatic rings. The number of nitrogens with one attached hydrogen (secondary N) is 1. The van der Waals surface area contributed by atoms with Gasteiger partial charge in [0.15, 0.2) is 0 Å². The van der Waals surface area contributed by atoms with Crippen LogP contribution in [0.15, 0.2) is 0 Å². The van der Waals surface area contributed by atoms with E-state index in [9.17, 15) is 0 Å². The minimum absolute atomic E-state index is 0.0197. The fourth-order valence-electron chi connectivity index (χ4n) is 1.20. The van der Waals surface area contributed by atoms with Gasteiger partial charge in [-0.2, -0.15) is 0 Å². The molecule has 3 nitrogen and oxygen atoms in total. The topological polar surface area (TPSA) is 53.3 Å². The van der Waals surface area contributed by atoms with Gasteiger partial charge in [0, 0.05) is 18.1 Å². The van der Waals surface area contributed by atoms with Gasteiger partial charge >= 0.3 is 0 Å². The van der Waals surface area contributed by atoms with E-state index in [0.717, 1.165) is 0 Å². The fraction of sp³-hybridized carbons (Fsp3) is 0.857. The first kappa shape index (κ1) is 7.69. The van der Waals surface area contributed by atoms with E-state index >= 15 is 0 Å². The average molecular weight is 143 g/mol. The zero-order chi connectivity index (χ0) is 7.56. The van der Waals surface area contributed by atoms with E-state index in [1.54, 1.807) is 0 Å². The molecule has 0 saturated carbocycles. The lowest BCUT2D eigenvalue weighted by Gasteiger charge is -2.28. The second-order valence-corrected chi connectivity index (χ2v) is 2.64. The Bertz CT molecular complexity index is 136. The van der Waals surface area contributed by atoms with Crippen molar-refractivity contribution in [2.45, 2.75) is 19.4 Å². The van der Waals surface area contributed by atoms with Gasteiger partial charge in [-0.1, -0.05) is 0 Å². The Kier molecular flexibility index (Phi) is 2.40. The molecule has 0 aromatic carbocycles. The Balaban J connectivity index is 2.53. The summed E-state index contributed by atoms with van der Waals surface area (Å²) in [7, 11) is 0. The summed E-state index contributed by atoms with van der Waals surface area (Å²) < 4.78 is 5.25. The molecule has 0 aliphatic carbocycles. The summed E-state index contributed by atoms with van der Waals surface area (Å²) >= 11 is 0. The summed E-state index contributed by atoms with van der Waals surface area (Å²) in [6, 6.07) is 0. The van der Waals surface area contributed by atoms with Crippen molar-refractivity contribution < 1.29 is 9.84 Å². The lowest BCUT2D eigenvalue weighted by molar-refractivity contribution is 0.0145. The highest BCUT2D eigenvalue weighted by Gasteiger charge is 2.25. The first-order valence-corrected chi connectivity index (χ1v) is 3.55. The highest BCUT2D eigenvalue weighted by Crippen LogP contribution is 2.16. The van der Waals surface area contributed by atoms with E-state index in [1.165, 1.54) is 0 Å². The van der Waals surface area contributed by atoms with Crippen LogP contribution in [-0.4, -0.2) is 30.1 Å². The molecule has 1 saturated heterocycles. The second-order valence-electron chi connectivity index (χ2n) is 2.64. The molecule has 0 spiro atoms. The number of hydrogen-bond acceptors (Lipinski definition) is 3. The highest BCUT2D eigenvalue weighted by atomic mass is 16.5. The summed E-state index contributed by atoms with van der Waals surface area (Å²) in [5.74, 6) is -0.0613. The van der Waals surface area contributed by atoms with Crippen molar-refractivity contribution in [3.63, 3.8) is 0 Å². The van der Waals surface area contributed by atoms with E-state index in [0.29, 0.717) is 18.7 Å². The fourth-order valence-corrected chi connectivity index (χ4v) is 1.20. The molecule has 1 rings (SSSR count). The third kappa shape index (κ3) is 1.36. The molecule has 0 radical (unpaired) electrons. The van der Waals surface area contributed by atoms with Gasteiger partial charge in [-0.05, 0) is 6.92 Å². The largest absolute Gasteiger partial charge is 0.396 e. The molecular formula is C7H13NO2. The molecule has 0 bridgehead atoms. The van der Waals surface area contributed by atoms with Crippen molar-refractivity contribution in [1.29, 1.82) is 5.41 Å². The first-order chi connectivity index (χ1) is 4.75. The Morgan fingerprint density at radius 3 is 2.90 bits per heavy atom. The first-order valence-electron chi connectivity index (χ1n) is 3.55. The number of aliphatic hydroxyl groups excluding tert-OH is 1. The van der Waals surface area contributed by atoms with Crippen molar-refractivity contribution in [2.75, 3.05) is 13.2 Å². The van der Waals surface area contributed by atoms with Crippen molar-refractivity contribution in [3.8, 4) is 0 Å². The number of aliphatic hydroxyl groups is 1. The molecule has 1 unspecified atom stereocenters. The monoisotopic (exact) mass is 143 g/mol. The zero-order valence-corrected chi connectivity index (χ0v) is 6.13. The van der Waals surface area contributed by atoms with E-state index in [2.05, 4.69) is 0 Å². The van der Waals surface area contributed by atoms with Crippen LogP contribution in [0.4, 0.5) is 0 Å². The van der Waals surface area contributed by atoms with E-state index in [1.807, 2.05) is 6.92 Å². The SMILES string of the molecule is C[C@H]1OCCC(=N)C1CO. The van der Waals surface area contributed by atoms with Crippen molar-refractivity contribution in [2.24, 2.45) is 5.92 Å². The molecule has 2 atom stereocenters. The van der Waals surface area contributed by atoms with Crippen LogP contribution in [0.5, 0.6) is 0 Å². The van der Waals surface area contributed by atoms with Gasteiger partial charge in [-0.15, -0.1) is 0 Å². The number of ether oxygens (including phenoxy) is 1. The van der Waals surface area contributed by atoms with Crippen LogP contribution in [0.2, 0.25) is 0 Å². The number of rotatable bonds is 1. The predicted octanol–water partition coefficient (Wildman–Crippen LogP) is 0.423. The molecule has 1 heterocycles. The summed E-state index contributed by atoms with van der Waals surface area (Å²) in [6.45, 7) is 2.57. The highest BCUT2D eigenvalue weighted by molar-refractivity contribution is 5.85. The molecule has 0 amide bonds. The van der Waals surface area contributed by atoms with E-state index in [4.69, 9.17) is 15.3 Å². The van der Waals surface area contributed by atoms with Crippen LogP contribution in [0.25, 0.3) is 0 Å². The van der Waals surface area contributed by atoms with Crippen molar-refractivity contribution in [3.05, 3.63) is 0 Å². The quantitative estimate of drug-likeness (QED) is 0.559. The van der Waals surface area contributed by atoms with Crippen LogP contribution in [0.1, 0.15) is 13.3 Å². The molecule has 1 fully saturated rings. The molecule has 3 heteroatoms. The maximum absolute atomic E-state index is 8.81. The van der Waals surface area contributed by atoms with Gasteiger partial charge in [0.2, 0.25) is 0 Å². The Morgan fingerprint density at radius 2 is 2.50 bits per heavy atom. The third-order valence-corrected chi connectivity index (χ3v) is 1.96. The van der Waals surface area contributed by atoms with Gasteiger partial charge in [-0.3, -0.25) is 0 Å². The zero-order valence-electron chi connectivity index (χ0n) is 6.13. The Hall–Kier alpha value is -0.410. The van der Waals surface area contributed by atoms with Crippen LogP contribution >= 0.6 is 0 Å². The molecule has 0 aromatic heterocycles. The second kappa shape index (κ2) is 3.12. The van der Waals surface area contributed by atoms with Gasteiger partial charge in [0.1, 0.15) is 0 Å². The van der Waals surface area contributed by atoms with Crippen LogP contribution in [0.3, 0.4) is 0 Å². The minimum Gasteiger partial charge on any atom is -0.396 e. The van der Waals surface area contributed by atoms with Crippen LogP contribution < -0.4 is 0 Å². The minimum atomic E-state index is -0.0613.